The Bertz CT molecular complexity index is 1310. The Kier molecular flexibility index (Phi) is 3.90. The summed E-state index contributed by atoms with van der Waals surface area (Å²) in [7, 11) is 0. The number of benzene rings is 2. The van der Waals surface area contributed by atoms with Crippen molar-refractivity contribution < 1.29 is 5.11 Å². The fourth-order valence-corrected chi connectivity index (χ4v) is 3.91. The van der Waals surface area contributed by atoms with E-state index in [9.17, 15) is 5.11 Å². The molecule has 29 heavy (non-hydrogen) atoms. The molecule has 0 bridgehead atoms. The van der Waals surface area contributed by atoms with Gasteiger partial charge in [0, 0.05) is 42.5 Å². The van der Waals surface area contributed by atoms with E-state index in [2.05, 4.69) is 59.1 Å². The number of pyridine rings is 1. The zero-order valence-electron chi connectivity index (χ0n) is 16.1. The summed E-state index contributed by atoms with van der Waals surface area (Å²) in [5, 5.41) is 12.9. The third-order valence-corrected chi connectivity index (χ3v) is 5.56. The number of nitrogens with zero attached hydrogens (tertiary/aromatic N) is 3. The van der Waals surface area contributed by atoms with E-state index in [0.717, 1.165) is 39.6 Å². The summed E-state index contributed by atoms with van der Waals surface area (Å²) < 4.78 is 1.95. The van der Waals surface area contributed by atoms with Crippen LogP contribution in [0.5, 0.6) is 0 Å². The molecule has 142 valence electrons. The molecule has 1 atom stereocenters. The van der Waals surface area contributed by atoms with Crippen LogP contribution in [0.1, 0.15) is 23.4 Å². The molecular formula is C24H20N4O. The topological polar surface area (TPSA) is 77.0 Å². The maximum absolute atomic E-state index is 10.9. The molecule has 0 fully saturated rings. The van der Waals surface area contributed by atoms with E-state index in [0.29, 0.717) is 18.1 Å². The van der Waals surface area contributed by atoms with E-state index in [1.165, 1.54) is 0 Å². The quantitative estimate of drug-likeness (QED) is 0.495. The third kappa shape index (κ3) is 2.95. The van der Waals surface area contributed by atoms with Crippen molar-refractivity contribution in [3.05, 3.63) is 78.0 Å². The summed E-state index contributed by atoms with van der Waals surface area (Å²) in [6.45, 7) is 2.80. The molecule has 5 rings (SSSR count). The number of aryl methyl sites for hydroxylation is 2. The van der Waals surface area contributed by atoms with E-state index in [-0.39, 0.29) is 0 Å². The van der Waals surface area contributed by atoms with E-state index in [1.807, 2.05) is 22.9 Å². The second kappa shape index (κ2) is 6.47. The predicted molar refractivity (Wildman–Crippen MR) is 114 cm³/mol. The molecule has 1 aliphatic heterocycles. The van der Waals surface area contributed by atoms with Gasteiger partial charge in [0.15, 0.2) is 11.4 Å². The van der Waals surface area contributed by atoms with Crippen LogP contribution in [0.15, 0.2) is 61.1 Å². The predicted octanol–water partition coefficient (Wildman–Crippen LogP) is 3.63. The molecule has 3 N–H and O–H groups in total. The molecule has 0 saturated heterocycles. The summed E-state index contributed by atoms with van der Waals surface area (Å²) in [6, 6.07) is 14.3. The van der Waals surface area contributed by atoms with Gasteiger partial charge in [0.2, 0.25) is 0 Å². The van der Waals surface area contributed by atoms with Crippen LogP contribution in [0.25, 0.3) is 21.9 Å². The number of fused-ring (bicyclic) bond motifs is 2. The van der Waals surface area contributed by atoms with Crippen molar-refractivity contribution in [2.24, 2.45) is 0 Å². The van der Waals surface area contributed by atoms with Crippen LogP contribution >= 0.6 is 0 Å². The highest BCUT2D eigenvalue weighted by atomic mass is 16.3. The first-order valence-corrected chi connectivity index (χ1v) is 9.56. The summed E-state index contributed by atoms with van der Waals surface area (Å²) >= 11 is 0. The average Bonchev–Trinajstić information content (AvgIpc) is 3.32. The lowest BCUT2D eigenvalue weighted by Gasteiger charge is -2.12. The zero-order valence-corrected chi connectivity index (χ0v) is 16.1. The Morgan fingerprint density at radius 3 is 2.90 bits per heavy atom. The highest BCUT2D eigenvalue weighted by Crippen LogP contribution is 2.31. The fourth-order valence-electron chi connectivity index (χ4n) is 3.91. The van der Waals surface area contributed by atoms with Gasteiger partial charge in [-0.05, 0) is 53.3 Å². The van der Waals surface area contributed by atoms with Crippen molar-refractivity contribution in [1.82, 2.24) is 14.5 Å². The lowest BCUT2D eigenvalue weighted by atomic mass is 9.95. The Balaban J connectivity index is 1.55. The van der Waals surface area contributed by atoms with E-state index < -0.39 is 5.60 Å². The SMILES string of the molecule is Cc1ccc(C#C[C@]2(O)CCn3ccnc32)cc1-c1ccc2ccnc(N)c2c1. The summed E-state index contributed by atoms with van der Waals surface area (Å²) in [5.41, 5.74) is 9.01. The van der Waals surface area contributed by atoms with E-state index in [1.54, 1.807) is 12.4 Å². The lowest BCUT2D eigenvalue weighted by Crippen LogP contribution is -2.20. The molecule has 3 heterocycles. The number of rotatable bonds is 1. The third-order valence-electron chi connectivity index (χ3n) is 5.56. The van der Waals surface area contributed by atoms with Crippen molar-refractivity contribution in [2.75, 3.05) is 5.73 Å². The molecular weight excluding hydrogens is 360 g/mol. The number of nitrogen functional groups attached to an aromatic ring is 1. The molecule has 4 aromatic rings. The van der Waals surface area contributed by atoms with Crippen LogP contribution in [-0.4, -0.2) is 19.6 Å². The highest BCUT2D eigenvalue weighted by molar-refractivity contribution is 5.94. The Hall–Kier alpha value is -3.62. The monoisotopic (exact) mass is 380 g/mol. The van der Waals surface area contributed by atoms with Crippen molar-refractivity contribution in [2.45, 2.75) is 25.5 Å². The maximum atomic E-state index is 10.9. The summed E-state index contributed by atoms with van der Waals surface area (Å²) in [4.78, 5) is 8.47. The second-order valence-corrected chi connectivity index (χ2v) is 7.47. The van der Waals surface area contributed by atoms with Gasteiger partial charge in [0.05, 0.1) is 0 Å². The number of hydrogen-bond acceptors (Lipinski definition) is 4. The number of aliphatic hydroxyl groups is 1. The minimum atomic E-state index is -1.20. The van der Waals surface area contributed by atoms with Crippen molar-refractivity contribution in [3.63, 3.8) is 0 Å². The smallest absolute Gasteiger partial charge is 0.185 e. The van der Waals surface area contributed by atoms with Crippen LogP contribution in [0.3, 0.4) is 0 Å². The normalized spacial score (nSPS) is 17.7. The van der Waals surface area contributed by atoms with Gasteiger partial charge in [-0.2, -0.15) is 0 Å². The van der Waals surface area contributed by atoms with Crippen LogP contribution in [-0.2, 0) is 12.1 Å². The minimum Gasteiger partial charge on any atom is -0.383 e. The molecule has 5 heteroatoms. The van der Waals surface area contributed by atoms with Gasteiger partial charge < -0.3 is 15.4 Å². The van der Waals surface area contributed by atoms with Crippen molar-refractivity contribution in [3.8, 4) is 23.0 Å². The van der Waals surface area contributed by atoms with Crippen molar-refractivity contribution >= 4 is 16.6 Å². The number of hydrogen-bond donors (Lipinski definition) is 2. The molecule has 0 saturated carbocycles. The molecule has 1 aliphatic rings. The number of aromatic nitrogens is 3. The molecule has 0 aliphatic carbocycles. The highest BCUT2D eigenvalue weighted by Gasteiger charge is 2.36. The molecule has 0 amide bonds. The molecule has 2 aromatic heterocycles. The maximum Gasteiger partial charge on any atom is 0.185 e. The lowest BCUT2D eigenvalue weighted by molar-refractivity contribution is 0.0980. The molecule has 2 aromatic carbocycles. The first-order valence-electron chi connectivity index (χ1n) is 9.56. The van der Waals surface area contributed by atoms with Crippen molar-refractivity contribution in [1.29, 1.82) is 0 Å². The van der Waals surface area contributed by atoms with Gasteiger partial charge in [-0.1, -0.05) is 30.0 Å². The Labute approximate surface area is 168 Å². The number of nitrogens with two attached hydrogens (primary N) is 1. The van der Waals surface area contributed by atoms with Gasteiger partial charge in [-0.25, -0.2) is 9.97 Å². The molecule has 0 radical (unpaired) electrons. The first kappa shape index (κ1) is 17.5. The van der Waals surface area contributed by atoms with E-state index in [4.69, 9.17) is 5.73 Å². The van der Waals surface area contributed by atoms with Crippen LogP contribution < -0.4 is 5.73 Å². The number of anilines is 1. The molecule has 0 spiro atoms. The zero-order chi connectivity index (χ0) is 20.0. The van der Waals surface area contributed by atoms with Crippen LogP contribution in [0.4, 0.5) is 5.82 Å². The molecule has 5 nitrogen and oxygen atoms in total. The summed E-state index contributed by atoms with van der Waals surface area (Å²) in [6.07, 6.45) is 5.85. The van der Waals surface area contributed by atoms with E-state index >= 15 is 0 Å². The van der Waals surface area contributed by atoms with Gasteiger partial charge >= 0.3 is 0 Å². The second-order valence-electron chi connectivity index (χ2n) is 7.47. The van der Waals surface area contributed by atoms with Gasteiger partial charge in [-0.15, -0.1) is 0 Å². The Morgan fingerprint density at radius 2 is 2.00 bits per heavy atom. The first-order chi connectivity index (χ1) is 14.0. The van der Waals surface area contributed by atoms with Gasteiger partial charge in [0.1, 0.15) is 5.82 Å². The average molecular weight is 380 g/mol. The standard InChI is InChI=1S/C24H20N4O/c1-16-2-3-17(6-8-24(29)9-12-28-13-11-27-23(24)28)14-20(16)19-5-4-18-7-10-26-22(25)21(18)15-19/h2-5,7,10-11,13-15,29H,9,12H2,1H3,(H2,25,26)/t24-/m0/s1. The van der Waals surface area contributed by atoms with Gasteiger partial charge in [0.25, 0.3) is 0 Å². The van der Waals surface area contributed by atoms with Crippen LogP contribution in [0.2, 0.25) is 0 Å². The Morgan fingerprint density at radius 1 is 1.10 bits per heavy atom. The van der Waals surface area contributed by atoms with Crippen LogP contribution in [0, 0.1) is 18.8 Å². The minimum absolute atomic E-state index is 0.525. The number of imidazole rings is 1. The summed E-state index contributed by atoms with van der Waals surface area (Å²) in [5.74, 6) is 7.34. The largest absolute Gasteiger partial charge is 0.383 e. The molecule has 0 unspecified atom stereocenters. The fraction of sp³-hybridized carbons (Fsp3) is 0.167. The van der Waals surface area contributed by atoms with Gasteiger partial charge in [-0.3, -0.25) is 0 Å².